The summed E-state index contributed by atoms with van der Waals surface area (Å²) in [5.41, 5.74) is 32.7. The fraction of sp³-hybridized carbons (Fsp3) is 0.277. The van der Waals surface area contributed by atoms with Gasteiger partial charge in [-0.05, 0) is 243 Å². The van der Waals surface area contributed by atoms with Crippen molar-refractivity contribution in [3.63, 3.8) is 0 Å². The molecule has 20 aromatic rings. The molecule has 0 amide bonds. The van der Waals surface area contributed by atoms with Gasteiger partial charge < -0.3 is 59.1 Å². The van der Waals surface area contributed by atoms with Gasteiger partial charge in [0, 0.05) is 175 Å². The minimum absolute atomic E-state index is 0.671. The first-order valence-electron chi connectivity index (χ1n) is 45.5. The Morgan fingerprint density at radius 3 is 1.13 bits per heavy atom. The molecule has 24 rings (SSSR count). The van der Waals surface area contributed by atoms with Crippen LogP contribution >= 0.6 is 0 Å². The minimum Gasteiger partial charge on any atom is -0.373 e. The highest BCUT2D eigenvalue weighted by atomic mass is 15.2. The van der Waals surface area contributed by atoms with Crippen LogP contribution in [0.1, 0.15) is 73.6 Å². The van der Waals surface area contributed by atoms with E-state index < -0.39 is 0 Å². The van der Waals surface area contributed by atoms with Crippen molar-refractivity contribution in [1.29, 1.82) is 0 Å². The molecule has 8 N–H and O–H groups in total. The summed E-state index contributed by atoms with van der Waals surface area (Å²) in [6.45, 7) is 11.6. The molecule has 4 aliphatic heterocycles. The zero-order valence-corrected chi connectivity index (χ0v) is 75.5. The van der Waals surface area contributed by atoms with Crippen LogP contribution in [0.25, 0.3) is 179 Å². The highest BCUT2D eigenvalue weighted by Gasteiger charge is 2.25. The average molecular weight is 1750 g/mol. The van der Waals surface area contributed by atoms with Crippen molar-refractivity contribution < 1.29 is 0 Å². The van der Waals surface area contributed by atoms with E-state index >= 15 is 0 Å². The average Bonchev–Trinajstić information content (AvgIpc) is 1.63. The molecule has 0 spiro atoms. The van der Waals surface area contributed by atoms with E-state index in [1.165, 1.54) is 22.3 Å². The van der Waals surface area contributed by atoms with Crippen molar-refractivity contribution >= 4 is 111 Å². The van der Waals surface area contributed by atoms with E-state index in [0.29, 0.717) is 5.65 Å². The van der Waals surface area contributed by atoms with Gasteiger partial charge in [0.15, 0.2) is 34.6 Å². The van der Waals surface area contributed by atoms with Crippen molar-refractivity contribution in [2.24, 2.45) is 0 Å². The Balaban J connectivity index is 0.000000106. The second-order valence-corrected chi connectivity index (χ2v) is 35.7. The zero-order chi connectivity index (χ0) is 89.5. The SMILES string of the molecule is CN1CCCCN(C)c2cccc3[nH]c(nc23)-c2[nH]nc3ncc(cc23)-c2cncc(c2)C1.CN1CCCCN(C)c2cccc3[nH]c(nc23)-c2n[nH]c3ccc(cc23)-c2cncc(c2)C1.CN1CCCCN(C)c2cccc3[nH]c(nc23)-c2n[nH]c3ccc(nc23)-c2cncc(c2)C1.CN1CCCCN(C)c2cccc3[nH]c(nc23)-c2n[nH]c3cnc(cc23)-c2cncc(c2)C1. The molecule has 0 radical (unpaired) electrons. The Bertz CT molecular complexity index is 6680. The van der Waals surface area contributed by atoms with Crippen LogP contribution in [0.2, 0.25) is 0 Å². The number of aromatic nitrogens is 23. The summed E-state index contributed by atoms with van der Waals surface area (Å²) in [6.07, 6.45) is 28.1. The molecule has 19 heterocycles. The number of H-pyrrole nitrogens is 8. The van der Waals surface area contributed by atoms with Gasteiger partial charge in [-0.2, -0.15) is 20.4 Å². The molecule has 0 unspecified atom stereocenters. The van der Waals surface area contributed by atoms with Gasteiger partial charge in [0.25, 0.3) is 0 Å². The van der Waals surface area contributed by atoms with Crippen molar-refractivity contribution in [1.82, 2.24) is 135 Å². The third kappa shape index (κ3) is 17.4. The van der Waals surface area contributed by atoms with E-state index in [1.807, 2.05) is 74.1 Å². The van der Waals surface area contributed by atoms with Crippen LogP contribution in [0.3, 0.4) is 0 Å². The number of pyridine rings is 7. The minimum atomic E-state index is 0.671. The van der Waals surface area contributed by atoms with E-state index in [4.69, 9.17) is 24.9 Å². The summed E-state index contributed by atoms with van der Waals surface area (Å²) in [5, 5.41) is 33.7. The smallest absolute Gasteiger partial charge is 0.181 e. The number of anilines is 4. The summed E-state index contributed by atoms with van der Waals surface area (Å²) in [4.78, 5) is 84.7. The molecule has 0 saturated heterocycles. The van der Waals surface area contributed by atoms with E-state index in [9.17, 15) is 0 Å². The maximum absolute atomic E-state index is 4.99. The maximum atomic E-state index is 4.99. The number of hydrogen-bond acceptors (Lipinski definition) is 23. The lowest BCUT2D eigenvalue weighted by Gasteiger charge is -2.21. The van der Waals surface area contributed by atoms with Gasteiger partial charge in [-0.1, -0.05) is 30.3 Å². The number of para-hydroxylation sites is 4. The second kappa shape index (κ2) is 36.5. The maximum Gasteiger partial charge on any atom is 0.181 e. The lowest BCUT2D eigenvalue weighted by molar-refractivity contribution is 0.319. The third-order valence-corrected chi connectivity index (χ3v) is 25.7. The Labute approximate surface area is 762 Å². The van der Waals surface area contributed by atoms with Gasteiger partial charge >= 0.3 is 0 Å². The standard InChI is InChI=1S/C26H27N7.3C25H26N8/c1-32-10-3-4-11-33(2)23-7-5-6-22-25(23)29-26(28-22)24-20-13-18(8-9-21(20)30-31-24)19-12-17(16-32)14-27-15-19;1-32-10-3-4-11-33(2)21-7-5-6-19-22(21)29-25(28-19)24-23-20(30-31-24)9-8-18(27-23)17-12-16(15-32)13-26-14-17;1-32-8-3-4-9-33(2)22-7-5-6-19-24(22)29-25(28-19)23-18-11-20(27-14-21(18)30-31-23)17-10-16(15-32)12-26-13-17;1-32-8-3-4-9-33(2)21-7-5-6-20-23(21)29-25(28-20)22-19-11-18(14-27-24(19)31-30-22)17-10-16(15-32)12-26-13-17/h5-9,12-15H,3-4,10-11,16H2,1-2H3,(H,28,29)(H,30,31);5-9,12-14H,3-4,10-11,15H2,1-2H3,(H,28,29)(H,30,31);5-7,10-14H,3-4,8-9,15H2,1-2H3,(H,28,29)(H,30,31);5-7,10-14H,3-4,8-9,15H2,1-2H3,(H,28,29)(H,27,30,31). The number of hydrogen-bond donors (Lipinski definition) is 8. The molecule has 31 heteroatoms. The number of aromatic amines is 8. The predicted molar refractivity (Wildman–Crippen MR) is 526 cm³/mol. The molecule has 24 bridgehead atoms. The van der Waals surface area contributed by atoms with Gasteiger partial charge in [-0.15, -0.1) is 0 Å². The van der Waals surface area contributed by atoms with Crippen LogP contribution in [0.15, 0.2) is 201 Å². The molecule has 0 saturated carbocycles. The molecule has 0 fully saturated rings. The normalized spacial score (nSPS) is 15.4. The summed E-state index contributed by atoms with van der Waals surface area (Å²) in [6, 6.07) is 48.6. The highest BCUT2D eigenvalue weighted by molar-refractivity contribution is 6.01. The van der Waals surface area contributed by atoms with E-state index in [0.717, 1.165) is 326 Å². The van der Waals surface area contributed by atoms with Gasteiger partial charge in [-0.3, -0.25) is 45.3 Å². The quantitative estimate of drug-likeness (QED) is 0.0699. The van der Waals surface area contributed by atoms with E-state index in [-0.39, 0.29) is 0 Å². The summed E-state index contributed by atoms with van der Waals surface area (Å²) in [5.74, 6) is 3.02. The first kappa shape index (κ1) is 83.8. The van der Waals surface area contributed by atoms with Crippen LogP contribution in [-0.4, -0.2) is 244 Å². The Morgan fingerprint density at radius 2 is 0.636 bits per heavy atom. The van der Waals surface area contributed by atoms with Crippen molar-refractivity contribution in [3.05, 3.63) is 224 Å². The molecular weight excluding hydrogens is 1650 g/mol. The third-order valence-electron chi connectivity index (χ3n) is 25.7. The van der Waals surface area contributed by atoms with Crippen molar-refractivity contribution in [3.8, 4) is 90.8 Å². The Kier molecular flexibility index (Phi) is 23.2. The van der Waals surface area contributed by atoms with Crippen LogP contribution in [0, 0.1) is 0 Å². The van der Waals surface area contributed by atoms with Crippen LogP contribution < -0.4 is 19.6 Å². The highest BCUT2D eigenvalue weighted by Crippen LogP contribution is 2.39. The summed E-state index contributed by atoms with van der Waals surface area (Å²) >= 11 is 0. The molecule has 0 aliphatic carbocycles. The monoisotopic (exact) mass is 1750 g/mol. The Morgan fingerprint density at radius 1 is 0.258 bits per heavy atom. The molecular formula is C101H105N31. The number of fused-ring (bicyclic) bond motifs is 24. The first-order valence-corrected chi connectivity index (χ1v) is 45.5. The van der Waals surface area contributed by atoms with Gasteiger partial charge in [0.1, 0.15) is 44.7 Å². The van der Waals surface area contributed by atoms with Crippen LogP contribution in [-0.2, 0) is 26.2 Å². The van der Waals surface area contributed by atoms with Gasteiger partial charge in [0.2, 0.25) is 0 Å². The van der Waals surface area contributed by atoms with E-state index in [1.54, 1.807) is 0 Å². The lowest BCUT2D eigenvalue weighted by atomic mass is 10.0. The lowest BCUT2D eigenvalue weighted by Crippen LogP contribution is -2.22. The number of nitrogens with one attached hydrogen (secondary N) is 8. The van der Waals surface area contributed by atoms with Gasteiger partial charge in [0.05, 0.1) is 84.3 Å². The number of rotatable bonds is 0. The summed E-state index contributed by atoms with van der Waals surface area (Å²) < 4.78 is 0. The van der Waals surface area contributed by atoms with Crippen LogP contribution in [0.4, 0.5) is 22.7 Å². The zero-order valence-electron chi connectivity index (χ0n) is 75.5. The molecule has 132 heavy (non-hydrogen) atoms. The second-order valence-electron chi connectivity index (χ2n) is 35.7. The molecule has 4 aliphatic rings. The molecule has 0 atom stereocenters. The van der Waals surface area contributed by atoms with Crippen molar-refractivity contribution in [2.75, 3.05) is 128 Å². The molecule has 664 valence electrons. The molecule has 5 aromatic carbocycles. The van der Waals surface area contributed by atoms with Crippen molar-refractivity contribution in [2.45, 2.75) is 77.5 Å². The topological polar surface area (TPSA) is 346 Å². The first-order chi connectivity index (χ1) is 64.6. The van der Waals surface area contributed by atoms with Crippen LogP contribution in [0.5, 0.6) is 0 Å². The number of benzene rings is 5. The number of imidazole rings is 4. The summed E-state index contributed by atoms with van der Waals surface area (Å²) in [7, 11) is 17.3. The molecule has 31 nitrogen and oxygen atoms in total. The Hall–Kier alpha value is -15.1. The van der Waals surface area contributed by atoms with E-state index in [2.05, 4.69) is 314 Å². The fourth-order valence-corrected chi connectivity index (χ4v) is 18.7. The predicted octanol–water partition coefficient (Wildman–Crippen LogP) is 17.5. The number of nitrogens with zero attached hydrogens (tertiary/aromatic N) is 23. The van der Waals surface area contributed by atoms with Gasteiger partial charge in [-0.25, -0.2) is 29.9 Å². The molecule has 15 aromatic heterocycles. The largest absolute Gasteiger partial charge is 0.373 e. The fourth-order valence-electron chi connectivity index (χ4n) is 18.7.